The fourth-order valence-corrected chi connectivity index (χ4v) is 3.01. The molecule has 1 unspecified atom stereocenters. The molecule has 2 nitrogen and oxygen atoms in total. The molecule has 0 fully saturated rings. The molecular formula is C17H28Cl2N2. The summed E-state index contributed by atoms with van der Waals surface area (Å²) in [6.07, 6.45) is 1.02. The molecule has 120 valence electrons. The number of benzene rings is 1. The highest BCUT2D eigenvalue weighted by molar-refractivity contribution is 6.42. The smallest absolute Gasteiger partial charge is 0.0640 e. The monoisotopic (exact) mass is 330 g/mol. The fraction of sp³-hybridized carbons (Fsp3) is 0.647. The van der Waals surface area contributed by atoms with Gasteiger partial charge in [0.2, 0.25) is 0 Å². The molecule has 0 aliphatic rings. The Morgan fingerprint density at radius 2 is 1.81 bits per heavy atom. The van der Waals surface area contributed by atoms with E-state index in [9.17, 15) is 0 Å². The van der Waals surface area contributed by atoms with Crippen molar-refractivity contribution in [1.29, 1.82) is 0 Å². The van der Waals surface area contributed by atoms with Crippen LogP contribution in [0.25, 0.3) is 0 Å². The standard InChI is InChI=1S/C17H28Cl2N2/c1-12(2)11-21(13(3)4)10-9-16(20-5)14-7-6-8-15(18)17(14)19/h6-8,12-13,16,20H,9-11H2,1-5H3. The lowest BCUT2D eigenvalue weighted by molar-refractivity contribution is 0.188. The molecular weight excluding hydrogens is 303 g/mol. The van der Waals surface area contributed by atoms with Crippen LogP contribution in [0.2, 0.25) is 10.0 Å². The van der Waals surface area contributed by atoms with E-state index < -0.39 is 0 Å². The van der Waals surface area contributed by atoms with E-state index >= 15 is 0 Å². The van der Waals surface area contributed by atoms with Gasteiger partial charge in [0, 0.05) is 25.2 Å². The van der Waals surface area contributed by atoms with Crippen molar-refractivity contribution in [3.8, 4) is 0 Å². The number of nitrogens with one attached hydrogen (secondary N) is 1. The molecule has 1 atom stereocenters. The van der Waals surface area contributed by atoms with Crippen LogP contribution in [0.5, 0.6) is 0 Å². The first-order valence-corrected chi connectivity index (χ1v) is 8.47. The zero-order valence-corrected chi connectivity index (χ0v) is 15.3. The van der Waals surface area contributed by atoms with Crippen LogP contribution >= 0.6 is 23.2 Å². The summed E-state index contributed by atoms with van der Waals surface area (Å²) in [6, 6.07) is 6.63. The Morgan fingerprint density at radius 1 is 1.14 bits per heavy atom. The van der Waals surface area contributed by atoms with Crippen molar-refractivity contribution in [1.82, 2.24) is 10.2 Å². The maximum absolute atomic E-state index is 6.34. The van der Waals surface area contributed by atoms with Crippen LogP contribution in [0.4, 0.5) is 0 Å². The third-order valence-electron chi connectivity index (χ3n) is 3.74. The minimum absolute atomic E-state index is 0.226. The Morgan fingerprint density at radius 3 is 2.33 bits per heavy atom. The summed E-state index contributed by atoms with van der Waals surface area (Å²) in [7, 11) is 1.98. The molecule has 21 heavy (non-hydrogen) atoms. The van der Waals surface area contributed by atoms with Gasteiger partial charge in [-0.3, -0.25) is 0 Å². The van der Waals surface area contributed by atoms with Gasteiger partial charge in [0.05, 0.1) is 10.0 Å². The Labute approximate surface area is 139 Å². The van der Waals surface area contributed by atoms with Crippen LogP contribution in [0.15, 0.2) is 18.2 Å². The van der Waals surface area contributed by atoms with Crippen LogP contribution in [0.1, 0.15) is 45.7 Å². The Hall–Kier alpha value is -0.280. The van der Waals surface area contributed by atoms with Crippen molar-refractivity contribution in [2.45, 2.75) is 46.2 Å². The first kappa shape index (κ1) is 18.8. The van der Waals surface area contributed by atoms with Gasteiger partial charge in [0.1, 0.15) is 0 Å². The average Bonchev–Trinajstić information content (AvgIpc) is 2.41. The zero-order chi connectivity index (χ0) is 16.0. The molecule has 0 aliphatic carbocycles. The largest absolute Gasteiger partial charge is 0.313 e. The van der Waals surface area contributed by atoms with Gasteiger partial charge in [-0.05, 0) is 44.9 Å². The van der Waals surface area contributed by atoms with Crippen LogP contribution in [0, 0.1) is 5.92 Å². The van der Waals surface area contributed by atoms with E-state index in [1.165, 1.54) is 0 Å². The van der Waals surface area contributed by atoms with E-state index in [-0.39, 0.29) is 6.04 Å². The first-order chi connectivity index (χ1) is 9.86. The molecule has 0 saturated heterocycles. The van der Waals surface area contributed by atoms with Crippen molar-refractivity contribution in [3.63, 3.8) is 0 Å². The third kappa shape index (κ3) is 5.78. The minimum Gasteiger partial charge on any atom is -0.313 e. The molecule has 1 N–H and O–H groups in total. The Balaban J connectivity index is 2.75. The maximum Gasteiger partial charge on any atom is 0.0640 e. The molecule has 0 amide bonds. The number of hydrogen-bond acceptors (Lipinski definition) is 2. The van der Waals surface area contributed by atoms with Crippen molar-refractivity contribution in [2.75, 3.05) is 20.1 Å². The highest BCUT2D eigenvalue weighted by Crippen LogP contribution is 2.31. The molecule has 0 heterocycles. The molecule has 0 bridgehead atoms. The summed E-state index contributed by atoms with van der Waals surface area (Å²) in [5.41, 5.74) is 1.08. The molecule has 0 spiro atoms. The van der Waals surface area contributed by atoms with Crippen LogP contribution in [-0.4, -0.2) is 31.1 Å². The molecule has 1 rings (SSSR count). The molecule has 1 aromatic carbocycles. The van der Waals surface area contributed by atoms with Crippen molar-refractivity contribution in [3.05, 3.63) is 33.8 Å². The third-order valence-corrected chi connectivity index (χ3v) is 4.57. The van der Waals surface area contributed by atoms with Gasteiger partial charge in [-0.2, -0.15) is 0 Å². The van der Waals surface area contributed by atoms with E-state index in [0.29, 0.717) is 22.0 Å². The van der Waals surface area contributed by atoms with Crippen molar-refractivity contribution >= 4 is 23.2 Å². The van der Waals surface area contributed by atoms with Crippen LogP contribution < -0.4 is 5.32 Å². The molecule has 0 aliphatic heterocycles. The molecule has 0 radical (unpaired) electrons. The van der Waals surface area contributed by atoms with E-state index in [1.807, 2.05) is 19.2 Å². The van der Waals surface area contributed by atoms with Crippen molar-refractivity contribution in [2.24, 2.45) is 5.92 Å². The normalized spacial score (nSPS) is 13.4. The number of rotatable bonds is 8. The average molecular weight is 331 g/mol. The molecule has 1 aromatic rings. The van der Waals surface area contributed by atoms with E-state index in [1.54, 1.807) is 0 Å². The topological polar surface area (TPSA) is 15.3 Å². The summed E-state index contributed by atoms with van der Waals surface area (Å²) >= 11 is 12.5. The van der Waals surface area contributed by atoms with Gasteiger partial charge in [0.15, 0.2) is 0 Å². The molecule has 4 heteroatoms. The Kier molecular flexibility index (Phi) is 8.04. The summed E-state index contributed by atoms with van der Waals surface area (Å²) in [6.45, 7) is 11.2. The van der Waals surface area contributed by atoms with Crippen molar-refractivity contribution < 1.29 is 0 Å². The second kappa shape index (κ2) is 8.99. The lowest BCUT2D eigenvalue weighted by Gasteiger charge is -2.30. The van der Waals surface area contributed by atoms with Gasteiger partial charge in [-0.25, -0.2) is 0 Å². The minimum atomic E-state index is 0.226. The summed E-state index contributed by atoms with van der Waals surface area (Å²) in [5.74, 6) is 0.676. The zero-order valence-electron chi connectivity index (χ0n) is 13.8. The van der Waals surface area contributed by atoms with Crippen LogP contribution in [-0.2, 0) is 0 Å². The Bertz CT molecular complexity index is 433. The summed E-state index contributed by atoms with van der Waals surface area (Å²) < 4.78 is 0. The molecule has 0 aromatic heterocycles. The summed E-state index contributed by atoms with van der Waals surface area (Å²) in [5, 5.41) is 4.65. The van der Waals surface area contributed by atoms with E-state index in [2.05, 4.69) is 44.0 Å². The second-order valence-corrected chi connectivity index (χ2v) is 7.04. The predicted octanol–water partition coefficient (Wildman–Crippen LogP) is 5.01. The lowest BCUT2D eigenvalue weighted by atomic mass is 10.0. The van der Waals surface area contributed by atoms with Gasteiger partial charge in [-0.15, -0.1) is 0 Å². The van der Waals surface area contributed by atoms with E-state index in [0.717, 1.165) is 25.1 Å². The number of halogens is 2. The SMILES string of the molecule is CNC(CCN(CC(C)C)C(C)C)c1cccc(Cl)c1Cl. The van der Waals surface area contributed by atoms with E-state index in [4.69, 9.17) is 23.2 Å². The highest BCUT2D eigenvalue weighted by Gasteiger charge is 2.18. The lowest BCUT2D eigenvalue weighted by Crippen LogP contribution is -2.36. The molecule has 0 saturated carbocycles. The van der Waals surface area contributed by atoms with Gasteiger partial charge >= 0.3 is 0 Å². The fourth-order valence-electron chi connectivity index (χ4n) is 2.57. The predicted molar refractivity (Wildman–Crippen MR) is 94.4 cm³/mol. The van der Waals surface area contributed by atoms with Crippen LogP contribution in [0.3, 0.4) is 0 Å². The van der Waals surface area contributed by atoms with Gasteiger partial charge in [0.25, 0.3) is 0 Å². The van der Waals surface area contributed by atoms with Gasteiger partial charge < -0.3 is 10.2 Å². The first-order valence-electron chi connectivity index (χ1n) is 7.72. The second-order valence-electron chi connectivity index (χ2n) is 6.26. The number of nitrogens with zero attached hydrogens (tertiary/aromatic N) is 1. The van der Waals surface area contributed by atoms with Gasteiger partial charge in [-0.1, -0.05) is 49.2 Å². The summed E-state index contributed by atoms with van der Waals surface area (Å²) in [4.78, 5) is 2.52. The number of hydrogen-bond donors (Lipinski definition) is 1. The quantitative estimate of drug-likeness (QED) is 0.720. The highest BCUT2D eigenvalue weighted by atomic mass is 35.5. The maximum atomic E-state index is 6.34.